The summed E-state index contributed by atoms with van der Waals surface area (Å²) in [5.41, 5.74) is 3.25. The van der Waals surface area contributed by atoms with Crippen LogP contribution in [0.25, 0.3) is 6.08 Å². The van der Waals surface area contributed by atoms with Crippen LogP contribution in [0.1, 0.15) is 23.2 Å². The van der Waals surface area contributed by atoms with Gasteiger partial charge in [0.1, 0.15) is 5.75 Å². The first-order valence-corrected chi connectivity index (χ1v) is 6.26. The van der Waals surface area contributed by atoms with Gasteiger partial charge in [0.2, 0.25) is 0 Å². The van der Waals surface area contributed by atoms with Crippen molar-refractivity contribution < 1.29 is 4.74 Å². The Hall–Kier alpha value is -2.09. The second-order valence-electron chi connectivity index (χ2n) is 4.93. The number of hydrogen-bond donors (Lipinski definition) is 0. The van der Waals surface area contributed by atoms with Gasteiger partial charge < -0.3 is 4.74 Å². The van der Waals surface area contributed by atoms with E-state index in [1.165, 1.54) is 11.1 Å². The number of rotatable bonds is 0. The topological polar surface area (TPSA) is 22.1 Å². The minimum Gasteiger partial charge on any atom is -0.480 e. The van der Waals surface area contributed by atoms with E-state index in [1.807, 2.05) is 24.4 Å². The third-order valence-corrected chi connectivity index (χ3v) is 3.77. The van der Waals surface area contributed by atoms with Crippen molar-refractivity contribution in [3.05, 3.63) is 65.5 Å². The van der Waals surface area contributed by atoms with Crippen molar-refractivity contribution in [3.8, 4) is 5.75 Å². The zero-order chi connectivity index (χ0) is 12.0. The summed E-state index contributed by atoms with van der Waals surface area (Å²) in [6.07, 6.45) is 7.99. The molecule has 0 N–H and O–H groups in total. The highest BCUT2D eigenvalue weighted by Crippen LogP contribution is 2.45. The van der Waals surface area contributed by atoms with Crippen LogP contribution in [0.4, 0.5) is 0 Å². The van der Waals surface area contributed by atoms with Gasteiger partial charge in [-0.15, -0.1) is 0 Å². The number of nitrogens with zero attached hydrogens (tertiary/aromatic N) is 1. The molecule has 2 aliphatic rings. The third kappa shape index (κ3) is 1.26. The van der Waals surface area contributed by atoms with Crippen molar-refractivity contribution in [3.63, 3.8) is 0 Å². The van der Waals surface area contributed by atoms with Gasteiger partial charge in [0, 0.05) is 19.0 Å². The predicted molar refractivity (Wildman–Crippen MR) is 70.3 cm³/mol. The van der Waals surface area contributed by atoms with E-state index in [0.717, 1.165) is 24.3 Å². The van der Waals surface area contributed by atoms with Gasteiger partial charge in [0.15, 0.2) is 5.60 Å². The Kier molecular flexibility index (Phi) is 1.90. The monoisotopic (exact) mass is 235 g/mol. The van der Waals surface area contributed by atoms with Gasteiger partial charge >= 0.3 is 0 Å². The molecule has 1 aromatic carbocycles. The summed E-state index contributed by atoms with van der Waals surface area (Å²) < 4.78 is 6.25. The van der Waals surface area contributed by atoms with E-state index in [0.29, 0.717) is 0 Å². The van der Waals surface area contributed by atoms with Crippen molar-refractivity contribution in [2.24, 2.45) is 0 Å². The maximum atomic E-state index is 6.25. The quantitative estimate of drug-likeness (QED) is 0.698. The van der Waals surface area contributed by atoms with Crippen molar-refractivity contribution in [1.82, 2.24) is 4.98 Å². The first kappa shape index (κ1) is 9.89. The average molecular weight is 235 g/mol. The van der Waals surface area contributed by atoms with Gasteiger partial charge in [-0.3, -0.25) is 4.98 Å². The Balaban J connectivity index is 1.87. The van der Waals surface area contributed by atoms with Gasteiger partial charge in [-0.25, -0.2) is 0 Å². The fraction of sp³-hybridized carbons (Fsp3) is 0.188. The van der Waals surface area contributed by atoms with Gasteiger partial charge in [-0.05, 0) is 23.3 Å². The Morgan fingerprint density at radius 1 is 1.11 bits per heavy atom. The molecule has 1 aliphatic carbocycles. The van der Waals surface area contributed by atoms with E-state index in [-0.39, 0.29) is 5.60 Å². The van der Waals surface area contributed by atoms with Crippen LogP contribution < -0.4 is 4.74 Å². The molecule has 1 aromatic heterocycles. The summed E-state index contributed by atoms with van der Waals surface area (Å²) in [5, 5.41) is 0. The molecule has 1 aliphatic heterocycles. The van der Waals surface area contributed by atoms with Gasteiger partial charge in [-0.2, -0.15) is 0 Å². The molecule has 88 valence electrons. The van der Waals surface area contributed by atoms with E-state index in [4.69, 9.17) is 4.74 Å². The van der Waals surface area contributed by atoms with Gasteiger partial charge in [-0.1, -0.05) is 36.4 Å². The SMILES string of the molecule is C1=Cc2cccnc2C2(C1)Cc1ccccc1O2. The molecule has 1 atom stereocenters. The standard InChI is InChI=1S/C16H13NO/c1-2-8-14-13(5-1)11-16(18-14)9-3-6-12-7-4-10-17-15(12)16/h1-8,10H,9,11H2. The highest BCUT2D eigenvalue weighted by Gasteiger charge is 2.43. The molecule has 0 fully saturated rings. The van der Waals surface area contributed by atoms with Crippen molar-refractivity contribution >= 4 is 6.08 Å². The number of fused-ring (bicyclic) bond motifs is 3. The van der Waals surface area contributed by atoms with E-state index >= 15 is 0 Å². The second kappa shape index (κ2) is 3.45. The first-order valence-electron chi connectivity index (χ1n) is 6.26. The summed E-state index contributed by atoms with van der Waals surface area (Å²) in [5.74, 6) is 1.00. The number of ether oxygens (including phenoxy) is 1. The van der Waals surface area contributed by atoms with E-state index < -0.39 is 0 Å². The summed E-state index contributed by atoms with van der Waals surface area (Å²) in [6, 6.07) is 12.4. The molecule has 0 saturated heterocycles. The minimum absolute atomic E-state index is 0.283. The van der Waals surface area contributed by atoms with Crippen LogP contribution in [0, 0.1) is 0 Å². The van der Waals surface area contributed by atoms with Crippen LogP contribution in [-0.2, 0) is 12.0 Å². The van der Waals surface area contributed by atoms with Crippen LogP contribution in [0.3, 0.4) is 0 Å². The Bertz CT molecular complexity index is 620. The normalized spacial score (nSPS) is 23.6. The zero-order valence-corrected chi connectivity index (χ0v) is 9.97. The van der Waals surface area contributed by atoms with Crippen LogP contribution in [0.15, 0.2) is 48.7 Å². The van der Waals surface area contributed by atoms with Crippen LogP contribution in [-0.4, -0.2) is 4.98 Å². The van der Waals surface area contributed by atoms with Crippen molar-refractivity contribution in [1.29, 1.82) is 0 Å². The van der Waals surface area contributed by atoms with E-state index in [1.54, 1.807) is 0 Å². The van der Waals surface area contributed by atoms with E-state index in [2.05, 4.69) is 35.3 Å². The molecule has 2 heterocycles. The summed E-state index contributed by atoms with van der Waals surface area (Å²) in [4.78, 5) is 4.56. The summed E-state index contributed by atoms with van der Waals surface area (Å²) in [7, 11) is 0. The molecule has 0 amide bonds. The number of pyridine rings is 1. The first-order chi connectivity index (χ1) is 8.87. The molecule has 0 bridgehead atoms. The highest BCUT2D eigenvalue weighted by molar-refractivity contribution is 5.58. The Morgan fingerprint density at radius 2 is 2.06 bits per heavy atom. The van der Waals surface area contributed by atoms with E-state index in [9.17, 15) is 0 Å². The fourth-order valence-corrected chi connectivity index (χ4v) is 2.96. The molecular weight excluding hydrogens is 222 g/mol. The van der Waals surface area contributed by atoms with Crippen molar-refractivity contribution in [2.45, 2.75) is 18.4 Å². The zero-order valence-electron chi connectivity index (χ0n) is 9.97. The lowest BCUT2D eigenvalue weighted by atomic mass is 9.84. The smallest absolute Gasteiger partial charge is 0.159 e. The summed E-state index contributed by atoms with van der Waals surface area (Å²) in [6.45, 7) is 0. The molecule has 0 radical (unpaired) electrons. The van der Waals surface area contributed by atoms with Crippen LogP contribution in [0.2, 0.25) is 0 Å². The lowest BCUT2D eigenvalue weighted by Gasteiger charge is -2.31. The highest BCUT2D eigenvalue weighted by atomic mass is 16.5. The molecule has 2 nitrogen and oxygen atoms in total. The van der Waals surface area contributed by atoms with Gasteiger partial charge in [0.05, 0.1) is 5.69 Å². The van der Waals surface area contributed by atoms with Crippen LogP contribution >= 0.6 is 0 Å². The lowest BCUT2D eigenvalue weighted by Crippen LogP contribution is -2.34. The predicted octanol–water partition coefficient (Wildman–Crippen LogP) is 3.33. The molecular formula is C16H13NO. The molecule has 2 heteroatoms. The summed E-state index contributed by atoms with van der Waals surface area (Å²) >= 11 is 0. The number of hydrogen-bond acceptors (Lipinski definition) is 2. The molecule has 4 rings (SSSR count). The maximum absolute atomic E-state index is 6.25. The molecule has 0 saturated carbocycles. The minimum atomic E-state index is -0.283. The Labute approximate surface area is 106 Å². The molecule has 2 aromatic rings. The molecule has 1 spiro atoms. The fourth-order valence-electron chi connectivity index (χ4n) is 2.96. The molecule has 18 heavy (non-hydrogen) atoms. The molecule has 1 unspecified atom stereocenters. The lowest BCUT2D eigenvalue weighted by molar-refractivity contribution is 0.0900. The second-order valence-corrected chi connectivity index (χ2v) is 4.93. The average Bonchev–Trinajstić information content (AvgIpc) is 2.78. The maximum Gasteiger partial charge on any atom is 0.159 e. The number of para-hydroxylation sites is 1. The largest absolute Gasteiger partial charge is 0.480 e. The van der Waals surface area contributed by atoms with Gasteiger partial charge in [0.25, 0.3) is 0 Å². The number of aromatic nitrogens is 1. The van der Waals surface area contributed by atoms with Crippen LogP contribution in [0.5, 0.6) is 5.75 Å². The van der Waals surface area contributed by atoms with Crippen molar-refractivity contribution in [2.75, 3.05) is 0 Å². The Morgan fingerprint density at radius 3 is 3.00 bits per heavy atom. The third-order valence-electron chi connectivity index (χ3n) is 3.77. The number of benzene rings is 1.